The molecule has 106 valence electrons. The average Bonchev–Trinajstić information content (AvgIpc) is 2.87. The molecule has 0 N–H and O–H groups in total. The van der Waals surface area contributed by atoms with Crippen LogP contribution in [-0.2, 0) is 12.8 Å². The number of Topliss-reactive ketones (excluding diaryl/α,β-unsaturated/α-hetero) is 1. The van der Waals surface area contributed by atoms with Crippen LogP contribution in [0.5, 0.6) is 0 Å². The number of hydrogen-bond donors (Lipinski definition) is 0. The summed E-state index contributed by atoms with van der Waals surface area (Å²) in [4.78, 5) is 12.7. The molecule has 0 radical (unpaired) electrons. The van der Waals surface area contributed by atoms with Crippen LogP contribution in [0.3, 0.4) is 0 Å². The quantitative estimate of drug-likeness (QED) is 0.754. The van der Waals surface area contributed by atoms with E-state index in [9.17, 15) is 9.18 Å². The third-order valence-corrected chi connectivity index (χ3v) is 4.12. The predicted octanol–water partition coefficient (Wildman–Crippen LogP) is 4.10. The van der Waals surface area contributed by atoms with Crippen LogP contribution in [0, 0.1) is 5.82 Å². The highest BCUT2D eigenvalue weighted by Crippen LogP contribution is 2.22. The van der Waals surface area contributed by atoms with Crippen LogP contribution in [0.15, 0.2) is 18.2 Å². The Kier molecular flexibility index (Phi) is 5.20. The molecule has 0 saturated carbocycles. The summed E-state index contributed by atoms with van der Waals surface area (Å²) < 4.78 is 17.4. The van der Waals surface area contributed by atoms with Crippen molar-refractivity contribution in [1.29, 1.82) is 0 Å². The first kappa shape index (κ1) is 15.1. The highest BCUT2D eigenvalue weighted by molar-refractivity contribution is 7.08. The van der Waals surface area contributed by atoms with E-state index in [2.05, 4.69) is 9.59 Å². The number of ketones is 1. The Labute approximate surface area is 125 Å². The molecule has 0 spiro atoms. The van der Waals surface area contributed by atoms with Crippen LogP contribution in [0.1, 0.15) is 40.7 Å². The summed E-state index contributed by atoms with van der Waals surface area (Å²) in [6, 6.07) is 4.53. The molecule has 3 nitrogen and oxygen atoms in total. The molecule has 0 amide bonds. The van der Waals surface area contributed by atoms with Gasteiger partial charge >= 0.3 is 0 Å². The minimum Gasteiger partial charge on any atom is -0.293 e. The molecular formula is C14H14ClFN2OS. The summed E-state index contributed by atoms with van der Waals surface area (Å²) in [6.45, 7) is 2.02. The molecule has 0 aliphatic heterocycles. The van der Waals surface area contributed by atoms with Gasteiger partial charge < -0.3 is 0 Å². The van der Waals surface area contributed by atoms with Crippen LogP contribution in [-0.4, -0.2) is 15.4 Å². The minimum atomic E-state index is -0.374. The fourth-order valence-corrected chi connectivity index (χ4v) is 2.87. The lowest BCUT2D eigenvalue weighted by Crippen LogP contribution is -2.04. The van der Waals surface area contributed by atoms with Crippen molar-refractivity contribution < 1.29 is 9.18 Å². The number of carbonyl (C=O) groups is 1. The van der Waals surface area contributed by atoms with Crippen molar-refractivity contribution in [3.8, 4) is 0 Å². The first-order chi connectivity index (χ1) is 9.63. The van der Waals surface area contributed by atoms with E-state index in [0.29, 0.717) is 15.5 Å². The second-order valence-electron chi connectivity index (χ2n) is 4.42. The molecule has 2 rings (SSSR count). The number of halogens is 2. The Morgan fingerprint density at radius 2 is 2.20 bits per heavy atom. The fourth-order valence-electron chi connectivity index (χ4n) is 1.94. The Morgan fingerprint density at radius 1 is 1.40 bits per heavy atom. The molecule has 1 aromatic heterocycles. The van der Waals surface area contributed by atoms with E-state index in [1.807, 2.05) is 6.92 Å². The number of nitrogens with zero attached hydrogens (tertiary/aromatic N) is 2. The minimum absolute atomic E-state index is 0.0530. The first-order valence-electron chi connectivity index (χ1n) is 6.40. The zero-order chi connectivity index (χ0) is 14.5. The van der Waals surface area contributed by atoms with Crippen LogP contribution in [0.25, 0.3) is 0 Å². The SMILES string of the molecule is CCCc1nnsc1C(=O)CCc1c(F)cccc1Cl. The van der Waals surface area contributed by atoms with Gasteiger partial charge in [0.1, 0.15) is 10.7 Å². The van der Waals surface area contributed by atoms with Gasteiger partial charge in [0.25, 0.3) is 0 Å². The van der Waals surface area contributed by atoms with Crippen LogP contribution >= 0.6 is 23.1 Å². The summed E-state index contributed by atoms with van der Waals surface area (Å²) in [7, 11) is 0. The molecular weight excluding hydrogens is 299 g/mol. The van der Waals surface area contributed by atoms with Crippen molar-refractivity contribution in [1.82, 2.24) is 9.59 Å². The van der Waals surface area contributed by atoms with Gasteiger partial charge in [-0.15, -0.1) is 5.10 Å². The maximum Gasteiger partial charge on any atom is 0.176 e. The number of aryl methyl sites for hydroxylation is 1. The summed E-state index contributed by atoms with van der Waals surface area (Å²) in [5.41, 5.74) is 1.12. The molecule has 2 aromatic rings. The van der Waals surface area contributed by atoms with Gasteiger partial charge in [-0.05, 0) is 36.5 Å². The van der Waals surface area contributed by atoms with E-state index in [0.717, 1.165) is 30.1 Å². The third-order valence-electron chi connectivity index (χ3n) is 2.96. The van der Waals surface area contributed by atoms with E-state index >= 15 is 0 Å². The summed E-state index contributed by atoms with van der Waals surface area (Å²) in [5, 5.41) is 4.32. The summed E-state index contributed by atoms with van der Waals surface area (Å²) in [5.74, 6) is -0.427. The Bertz CT molecular complexity index is 595. The maximum atomic E-state index is 13.6. The lowest BCUT2D eigenvalue weighted by Gasteiger charge is -2.05. The standard InChI is InChI=1S/C14H14ClFN2OS/c1-2-4-12-14(20-18-17-12)13(19)8-7-9-10(15)5-3-6-11(9)16/h3,5-6H,2,4,7-8H2,1H3. The van der Waals surface area contributed by atoms with Crippen molar-refractivity contribution in [2.45, 2.75) is 32.6 Å². The third kappa shape index (κ3) is 3.41. The second-order valence-corrected chi connectivity index (χ2v) is 5.58. The van der Waals surface area contributed by atoms with E-state index < -0.39 is 0 Å². The molecule has 1 aromatic carbocycles. The molecule has 0 aliphatic carbocycles. The molecule has 0 fully saturated rings. The van der Waals surface area contributed by atoms with E-state index in [1.54, 1.807) is 12.1 Å². The predicted molar refractivity (Wildman–Crippen MR) is 78.0 cm³/mol. The Hall–Kier alpha value is -1.33. The second kappa shape index (κ2) is 6.90. The number of rotatable bonds is 6. The molecule has 20 heavy (non-hydrogen) atoms. The van der Waals surface area contributed by atoms with Crippen molar-refractivity contribution in [2.24, 2.45) is 0 Å². The largest absolute Gasteiger partial charge is 0.293 e. The van der Waals surface area contributed by atoms with Crippen LogP contribution in [0.4, 0.5) is 4.39 Å². The number of hydrogen-bond acceptors (Lipinski definition) is 4. The van der Waals surface area contributed by atoms with Crippen molar-refractivity contribution in [3.05, 3.63) is 45.2 Å². The van der Waals surface area contributed by atoms with Crippen LogP contribution in [0.2, 0.25) is 5.02 Å². The van der Waals surface area contributed by atoms with Crippen molar-refractivity contribution >= 4 is 28.9 Å². The lowest BCUT2D eigenvalue weighted by molar-refractivity contribution is 0.0985. The van der Waals surface area contributed by atoms with E-state index in [4.69, 9.17) is 11.6 Å². The number of carbonyl (C=O) groups excluding carboxylic acids is 1. The van der Waals surface area contributed by atoms with Crippen molar-refractivity contribution in [3.63, 3.8) is 0 Å². The van der Waals surface area contributed by atoms with Gasteiger partial charge in [0.05, 0.1) is 5.69 Å². The monoisotopic (exact) mass is 312 g/mol. The van der Waals surface area contributed by atoms with Gasteiger partial charge in [-0.3, -0.25) is 4.79 Å². The van der Waals surface area contributed by atoms with Crippen molar-refractivity contribution in [2.75, 3.05) is 0 Å². The molecule has 0 unspecified atom stereocenters. The molecule has 0 aliphatic rings. The van der Waals surface area contributed by atoms with E-state index in [-0.39, 0.29) is 24.4 Å². The smallest absolute Gasteiger partial charge is 0.176 e. The normalized spacial score (nSPS) is 10.8. The molecule has 0 bridgehead atoms. The molecule has 6 heteroatoms. The fraction of sp³-hybridized carbons (Fsp3) is 0.357. The summed E-state index contributed by atoms with van der Waals surface area (Å²) >= 11 is 7.05. The molecule has 1 heterocycles. The van der Waals surface area contributed by atoms with Gasteiger partial charge in [-0.2, -0.15) is 0 Å². The zero-order valence-corrected chi connectivity index (χ0v) is 12.6. The first-order valence-corrected chi connectivity index (χ1v) is 7.56. The van der Waals surface area contributed by atoms with Gasteiger partial charge in [0.15, 0.2) is 5.78 Å². The topological polar surface area (TPSA) is 42.9 Å². The Balaban J connectivity index is 2.07. The molecule has 0 saturated heterocycles. The van der Waals surface area contributed by atoms with Crippen LogP contribution < -0.4 is 0 Å². The number of aromatic nitrogens is 2. The highest BCUT2D eigenvalue weighted by atomic mass is 35.5. The van der Waals surface area contributed by atoms with Gasteiger partial charge in [-0.1, -0.05) is 35.5 Å². The zero-order valence-electron chi connectivity index (χ0n) is 11.0. The summed E-state index contributed by atoms with van der Waals surface area (Å²) in [6.07, 6.45) is 2.14. The highest BCUT2D eigenvalue weighted by Gasteiger charge is 2.17. The lowest BCUT2D eigenvalue weighted by atomic mass is 10.0. The average molecular weight is 313 g/mol. The number of benzene rings is 1. The maximum absolute atomic E-state index is 13.6. The Morgan fingerprint density at radius 3 is 2.90 bits per heavy atom. The van der Waals surface area contributed by atoms with Gasteiger partial charge in [-0.25, -0.2) is 4.39 Å². The van der Waals surface area contributed by atoms with Gasteiger partial charge in [0, 0.05) is 17.0 Å². The van der Waals surface area contributed by atoms with E-state index in [1.165, 1.54) is 6.07 Å². The van der Waals surface area contributed by atoms with Gasteiger partial charge in [0.2, 0.25) is 0 Å². The molecule has 0 atom stereocenters.